The molecule has 1 unspecified atom stereocenters. The SMILES string of the molecule is CC(C)C(C)NCCn1cnnc1C1CC1. The first-order valence-electron chi connectivity index (χ1n) is 6.29. The molecule has 0 spiro atoms. The minimum atomic E-state index is 0.570. The lowest BCUT2D eigenvalue weighted by Gasteiger charge is -2.17. The van der Waals surface area contributed by atoms with Gasteiger partial charge in [0.05, 0.1) is 0 Å². The van der Waals surface area contributed by atoms with E-state index in [2.05, 4.69) is 40.9 Å². The highest BCUT2D eigenvalue weighted by Crippen LogP contribution is 2.38. The molecule has 90 valence electrons. The molecular weight excluding hydrogens is 200 g/mol. The van der Waals surface area contributed by atoms with E-state index in [1.165, 1.54) is 18.7 Å². The zero-order chi connectivity index (χ0) is 11.5. The second-order valence-corrected chi connectivity index (χ2v) is 5.14. The van der Waals surface area contributed by atoms with Crippen LogP contribution in [0, 0.1) is 5.92 Å². The van der Waals surface area contributed by atoms with Gasteiger partial charge in [-0.2, -0.15) is 0 Å². The molecule has 1 aliphatic rings. The molecule has 1 aromatic rings. The molecule has 0 amide bonds. The van der Waals surface area contributed by atoms with E-state index < -0.39 is 0 Å². The van der Waals surface area contributed by atoms with Crippen molar-refractivity contribution < 1.29 is 0 Å². The highest BCUT2D eigenvalue weighted by Gasteiger charge is 2.28. The standard InChI is InChI=1S/C12H22N4/c1-9(2)10(3)13-6-7-16-8-14-15-12(16)11-4-5-11/h8-11,13H,4-7H2,1-3H3. The van der Waals surface area contributed by atoms with Crippen LogP contribution in [-0.4, -0.2) is 27.4 Å². The molecule has 1 heterocycles. The van der Waals surface area contributed by atoms with E-state index in [-0.39, 0.29) is 0 Å². The van der Waals surface area contributed by atoms with Crippen molar-refractivity contribution in [2.45, 2.75) is 52.1 Å². The largest absolute Gasteiger partial charge is 0.316 e. The molecule has 0 saturated heterocycles. The lowest BCUT2D eigenvalue weighted by atomic mass is 10.1. The lowest BCUT2D eigenvalue weighted by molar-refractivity contribution is 0.414. The van der Waals surface area contributed by atoms with Gasteiger partial charge in [0.25, 0.3) is 0 Å². The van der Waals surface area contributed by atoms with Gasteiger partial charge in [-0.3, -0.25) is 0 Å². The summed E-state index contributed by atoms with van der Waals surface area (Å²) >= 11 is 0. The minimum Gasteiger partial charge on any atom is -0.316 e. The summed E-state index contributed by atoms with van der Waals surface area (Å²) in [5.74, 6) is 2.55. The average molecular weight is 222 g/mol. The molecule has 1 aliphatic carbocycles. The van der Waals surface area contributed by atoms with E-state index in [0.29, 0.717) is 17.9 Å². The lowest BCUT2D eigenvalue weighted by Crippen LogP contribution is -2.33. The highest BCUT2D eigenvalue weighted by molar-refractivity contribution is 5.04. The Morgan fingerprint density at radius 1 is 1.44 bits per heavy atom. The molecule has 2 rings (SSSR count). The molecule has 0 aromatic carbocycles. The van der Waals surface area contributed by atoms with Gasteiger partial charge in [0, 0.05) is 25.0 Å². The number of rotatable bonds is 6. The third-order valence-electron chi connectivity index (χ3n) is 3.41. The Hall–Kier alpha value is -0.900. The van der Waals surface area contributed by atoms with Crippen molar-refractivity contribution in [3.05, 3.63) is 12.2 Å². The molecule has 1 N–H and O–H groups in total. The van der Waals surface area contributed by atoms with Crippen LogP contribution in [0.3, 0.4) is 0 Å². The van der Waals surface area contributed by atoms with Crippen molar-refractivity contribution in [2.24, 2.45) is 5.92 Å². The summed E-state index contributed by atoms with van der Waals surface area (Å²) in [6.07, 6.45) is 4.43. The summed E-state index contributed by atoms with van der Waals surface area (Å²) in [5.41, 5.74) is 0. The average Bonchev–Trinajstić information content (AvgIpc) is 2.99. The van der Waals surface area contributed by atoms with Gasteiger partial charge in [0.2, 0.25) is 0 Å². The number of nitrogens with one attached hydrogen (secondary N) is 1. The fourth-order valence-electron chi connectivity index (χ4n) is 1.74. The van der Waals surface area contributed by atoms with Gasteiger partial charge in [-0.15, -0.1) is 10.2 Å². The number of nitrogens with zero attached hydrogens (tertiary/aromatic N) is 3. The second-order valence-electron chi connectivity index (χ2n) is 5.14. The Morgan fingerprint density at radius 2 is 2.19 bits per heavy atom. The van der Waals surface area contributed by atoms with Crippen LogP contribution >= 0.6 is 0 Å². The fraction of sp³-hybridized carbons (Fsp3) is 0.833. The summed E-state index contributed by atoms with van der Waals surface area (Å²) < 4.78 is 2.19. The van der Waals surface area contributed by atoms with Crippen LogP contribution in [0.1, 0.15) is 45.4 Å². The van der Waals surface area contributed by atoms with E-state index in [9.17, 15) is 0 Å². The molecule has 1 aromatic heterocycles. The van der Waals surface area contributed by atoms with Crippen molar-refractivity contribution in [2.75, 3.05) is 6.54 Å². The van der Waals surface area contributed by atoms with Crippen LogP contribution in [0.2, 0.25) is 0 Å². The smallest absolute Gasteiger partial charge is 0.135 e. The van der Waals surface area contributed by atoms with Crippen molar-refractivity contribution in [3.63, 3.8) is 0 Å². The van der Waals surface area contributed by atoms with Crippen LogP contribution in [0.4, 0.5) is 0 Å². The first-order chi connectivity index (χ1) is 7.68. The van der Waals surface area contributed by atoms with Gasteiger partial charge in [-0.25, -0.2) is 0 Å². The third-order valence-corrected chi connectivity index (χ3v) is 3.41. The summed E-state index contributed by atoms with van der Waals surface area (Å²) in [7, 11) is 0. The topological polar surface area (TPSA) is 42.7 Å². The van der Waals surface area contributed by atoms with Gasteiger partial charge < -0.3 is 9.88 Å². The van der Waals surface area contributed by atoms with Gasteiger partial charge in [0.1, 0.15) is 12.2 Å². The molecule has 0 radical (unpaired) electrons. The fourth-order valence-corrected chi connectivity index (χ4v) is 1.74. The summed E-state index contributed by atoms with van der Waals surface area (Å²) in [4.78, 5) is 0. The van der Waals surface area contributed by atoms with Crippen molar-refractivity contribution >= 4 is 0 Å². The van der Waals surface area contributed by atoms with Gasteiger partial charge in [-0.05, 0) is 25.7 Å². The van der Waals surface area contributed by atoms with E-state index in [1.807, 2.05) is 6.33 Å². The predicted octanol–water partition coefficient (Wildman–Crippen LogP) is 1.79. The zero-order valence-electron chi connectivity index (χ0n) is 10.5. The van der Waals surface area contributed by atoms with Crippen LogP contribution in [-0.2, 0) is 6.54 Å². The van der Waals surface area contributed by atoms with Gasteiger partial charge >= 0.3 is 0 Å². The Bertz CT molecular complexity index is 328. The minimum absolute atomic E-state index is 0.570. The van der Waals surface area contributed by atoms with E-state index >= 15 is 0 Å². The molecule has 0 bridgehead atoms. The maximum atomic E-state index is 4.20. The Kier molecular flexibility index (Phi) is 3.59. The van der Waals surface area contributed by atoms with E-state index in [4.69, 9.17) is 0 Å². The molecule has 4 nitrogen and oxygen atoms in total. The summed E-state index contributed by atoms with van der Waals surface area (Å²) in [5, 5.41) is 11.7. The van der Waals surface area contributed by atoms with Gasteiger partial charge in [0.15, 0.2) is 0 Å². The number of hydrogen-bond acceptors (Lipinski definition) is 3. The second kappa shape index (κ2) is 4.95. The first kappa shape index (κ1) is 11.6. The molecule has 16 heavy (non-hydrogen) atoms. The van der Waals surface area contributed by atoms with Crippen LogP contribution in [0.25, 0.3) is 0 Å². The van der Waals surface area contributed by atoms with Crippen LogP contribution < -0.4 is 5.32 Å². The number of aromatic nitrogens is 3. The van der Waals surface area contributed by atoms with Crippen LogP contribution in [0.15, 0.2) is 6.33 Å². The molecule has 1 fully saturated rings. The maximum absolute atomic E-state index is 4.20. The predicted molar refractivity (Wildman–Crippen MR) is 64.3 cm³/mol. The van der Waals surface area contributed by atoms with Crippen molar-refractivity contribution in [1.29, 1.82) is 0 Å². The molecule has 0 aliphatic heterocycles. The Labute approximate surface area is 97.5 Å². The molecular formula is C12H22N4. The zero-order valence-corrected chi connectivity index (χ0v) is 10.5. The summed E-state index contributed by atoms with van der Waals surface area (Å²) in [6.45, 7) is 8.70. The Morgan fingerprint density at radius 3 is 2.81 bits per heavy atom. The Balaban J connectivity index is 1.78. The summed E-state index contributed by atoms with van der Waals surface area (Å²) in [6, 6.07) is 0.570. The third kappa shape index (κ3) is 2.82. The van der Waals surface area contributed by atoms with Crippen LogP contribution in [0.5, 0.6) is 0 Å². The molecule has 1 saturated carbocycles. The van der Waals surface area contributed by atoms with Gasteiger partial charge in [-0.1, -0.05) is 13.8 Å². The van der Waals surface area contributed by atoms with E-state index in [1.54, 1.807) is 0 Å². The highest BCUT2D eigenvalue weighted by atomic mass is 15.3. The van der Waals surface area contributed by atoms with Crippen molar-refractivity contribution in [1.82, 2.24) is 20.1 Å². The maximum Gasteiger partial charge on any atom is 0.135 e. The van der Waals surface area contributed by atoms with Crippen molar-refractivity contribution in [3.8, 4) is 0 Å². The molecule has 1 atom stereocenters. The normalized spacial score (nSPS) is 18.0. The van der Waals surface area contributed by atoms with E-state index in [0.717, 1.165) is 13.1 Å². The number of hydrogen-bond donors (Lipinski definition) is 1. The molecule has 4 heteroatoms. The monoisotopic (exact) mass is 222 g/mol. The first-order valence-corrected chi connectivity index (χ1v) is 6.29. The quantitative estimate of drug-likeness (QED) is 0.798.